The van der Waals surface area contributed by atoms with Crippen molar-refractivity contribution in [2.45, 2.75) is 25.3 Å². The van der Waals surface area contributed by atoms with Crippen LogP contribution in [-0.4, -0.2) is 25.0 Å². The lowest BCUT2D eigenvalue weighted by atomic mass is 9.88. The Morgan fingerprint density at radius 3 is 2.86 bits per heavy atom. The van der Waals surface area contributed by atoms with E-state index < -0.39 is 0 Å². The molecule has 0 aromatic carbocycles. The molecule has 3 atom stereocenters. The molecule has 2 N–H and O–H groups in total. The molecule has 1 heterocycles. The molecule has 1 aliphatic carbocycles. The second kappa shape index (κ2) is 4.24. The maximum absolute atomic E-state index is 12.0. The van der Waals surface area contributed by atoms with Crippen molar-refractivity contribution in [3.63, 3.8) is 0 Å². The quantitative estimate of drug-likeness (QED) is 0.666. The summed E-state index contributed by atoms with van der Waals surface area (Å²) in [6.07, 6.45) is 6.68. The Hall–Kier alpha value is -0.670. The van der Waals surface area contributed by atoms with Gasteiger partial charge in [0.15, 0.2) is 0 Å². The second-order valence-electron chi connectivity index (χ2n) is 4.21. The van der Waals surface area contributed by atoms with Crippen LogP contribution in [0.4, 0.5) is 0 Å². The number of rotatable bonds is 2. The highest BCUT2D eigenvalue weighted by Gasteiger charge is 2.30. The van der Waals surface area contributed by atoms with E-state index in [1.165, 1.54) is 0 Å². The lowest BCUT2D eigenvalue weighted by molar-refractivity contribution is -0.129. The largest absolute Gasteiger partial charge is 0.381 e. The molecule has 0 bridgehead atoms. The van der Waals surface area contributed by atoms with E-state index in [2.05, 4.69) is 0 Å². The van der Waals surface area contributed by atoms with E-state index >= 15 is 0 Å². The average molecular weight is 195 g/mol. The molecule has 2 aliphatic rings. The van der Waals surface area contributed by atoms with Crippen LogP contribution in [0.15, 0.2) is 12.2 Å². The predicted molar refractivity (Wildman–Crippen MR) is 53.8 cm³/mol. The summed E-state index contributed by atoms with van der Waals surface area (Å²) in [4.78, 5) is 12.0. The van der Waals surface area contributed by atoms with E-state index in [0.29, 0.717) is 12.4 Å². The molecule has 78 valence electrons. The fourth-order valence-corrected chi connectivity index (χ4v) is 2.21. The fourth-order valence-electron chi connectivity index (χ4n) is 2.21. The first-order valence-corrected chi connectivity index (χ1v) is 5.33. The molecular weight excluding hydrogens is 178 g/mol. The van der Waals surface area contributed by atoms with Crippen LogP contribution in [0.5, 0.6) is 0 Å². The smallest absolute Gasteiger partial charge is 0.145 e. The van der Waals surface area contributed by atoms with E-state index in [-0.39, 0.29) is 17.9 Å². The first-order chi connectivity index (χ1) is 6.77. The molecule has 0 aromatic rings. The van der Waals surface area contributed by atoms with Crippen molar-refractivity contribution in [2.24, 2.45) is 17.6 Å². The van der Waals surface area contributed by atoms with Crippen molar-refractivity contribution in [1.82, 2.24) is 0 Å². The molecule has 0 radical (unpaired) electrons. The normalized spacial score (nSPS) is 37.4. The molecule has 3 nitrogen and oxygen atoms in total. The number of nitrogens with two attached hydrogens (primary N) is 1. The summed E-state index contributed by atoms with van der Waals surface area (Å²) in [7, 11) is 0. The first kappa shape index (κ1) is 9.87. The third-order valence-electron chi connectivity index (χ3n) is 3.04. The highest BCUT2D eigenvalue weighted by atomic mass is 16.5. The summed E-state index contributed by atoms with van der Waals surface area (Å²) >= 11 is 0. The standard InChI is InChI=1S/C11H17NO2/c12-10-4-3-8(6-10)11(13)9-2-1-5-14-7-9/h3-4,8-10H,1-2,5-7,12H2. The third-order valence-corrected chi connectivity index (χ3v) is 3.04. The minimum absolute atomic E-state index is 0.0525. The summed E-state index contributed by atoms with van der Waals surface area (Å²) < 4.78 is 5.31. The van der Waals surface area contributed by atoms with Gasteiger partial charge < -0.3 is 10.5 Å². The third kappa shape index (κ3) is 2.04. The average Bonchev–Trinajstić information content (AvgIpc) is 2.65. The molecule has 14 heavy (non-hydrogen) atoms. The zero-order valence-corrected chi connectivity index (χ0v) is 8.32. The van der Waals surface area contributed by atoms with E-state index in [4.69, 9.17) is 10.5 Å². The molecule has 2 rings (SSSR count). The molecule has 1 fully saturated rings. The first-order valence-electron chi connectivity index (χ1n) is 5.33. The van der Waals surface area contributed by atoms with Crippen LogP contribution in [0.2, 0.25) is 0 Å². The molecule has 0 aromatic heterocycles. The highest BCUT2D eigenvalue weighted by Crippen LogP contribution is 2.25. The fraction of sp³-hybridized carbons (Fsp3) is 0.727. The van der Waals surface area contributed by atoms with Gasteiger partial charge in [0.1, 0.15) is 5.78 Å². The van der Waals surface area contributed by atoms with Gasteiger partial charge in [0.2, 0.25) is 0 Å². The topological polar surface area (TPSA) is 52.3 Å². The Bertz CT molecular complexity index is 244. The van der Waals surface area contributed by atoms with Gasteiger partial charge in [-0.2, -0.15) is 0 Å². The highest BCUT2D eigenvalue weighted by molar-refractivity contribution is 5.85. The minimum Gasteiger partial charge on any atom is -0.381 e. The molecule has 0 spiro atoms. The van der Waals surface area contributed by atoms with Crippen LogP contribution in [0.25, 0.3) is 0 Å². The Morgan fingerprint density at radius 2 is 2.29 bits per heavy atom. The van der Waals surface area contributed by atoms with Gasteiger partial charge in [0, 0.05) is 24.5 Å². The van der Waals surface area contributed by atoms with Gasteiger partial charge in [-0.1, -0.05) is 12.2 Å². The van der Waals surface area contributed by atoms with Gasteiger partial charge in [0.05, 0.1) is 6.61 Å². The number of hydrogen-bond donors (Lipinski definition) is 1. The minimum atomic E-state index is 0.0525. The summed E-state index contributed by atoms with van der Waals surface area (Å²) in [5.74, 6) is 0.495. The lowest BCUT2D eigenvalue weighted by Gasteiger charge is -2.23. The van der Waals surface area contributed by atoms with Gasteiger partial charge >= 0.3 is 0 Å². The van der Waals surface area contributed by atoms with Crippen LogP contribution in [-0.2, 0) is 9.53 Å². The van der Waals surface area contributed by atoms with Gasteiger partial charge in [-0.3, -0.25) is 4.79 Å². The van der Waals surface area contributed by atoms with E-state index in [1.807, 2.05) is 12.2 Å². The van der Waals surface area contributed by atoms with Gasteiger partial charge in [-0.05, 0) is 19.3 Å². The SMILES string of the molecule is NC1C=CC(C(=O)C2CCCOC2)C1. The zero-order valence-electron chi connectivity index (χ0n) is 8.32. The Labute approximate surface area is 84.3 Å². The lowest BCUT2D eigenvalue weighted by Crippen LogP contribution is -2.30. The van der Waals surface area contributed by atoms with Gasteiger partial charge in [-0.15, -0.1) is 0 Å². The molecule has 0 saturated carbocycles. The maximum Gasteiger partial charge on any atom is 0.145 e. The summed E-state index contributed by atoms with van der Waals surface area (Å²) in [6, 6.07) is 0.0773. The predicted octanol–water partition coefficient (Wildman–Crippen LogP) is 0.885. The molecule has 0 amide bonds. The molecule has 3 heteroatoms. The van der Waals surface area contributed by atoms with Crippen LogP contribution < -0.4 is 5.73 Å². The maximum atomic E-state index is 12.0. The van der Waals surface area contributed by atoms with Crippen molar-refractivity contribution >= 4 is 5.78 Å². The second-order valence-corrected chi connectivity index (χ2v) is 4.21. The van der Waals surface area contributed by atoms with E-state index in [0.717, 1.165) is 25.9 Å². The van der Waals surface area contributed by atoms with Gasteiger partial charge in [-0.25, -0.2) is 0 Å². The van der Waals surface area contributed by atoms with Crippen molar-refractivity contribution in [1.29, 1.82) is 0 Å². The van der Waals surface area contributed by atoms with Crippen LogP contribution in [0.1, 0.15) is 19.3 Å². The number of ketones is 1. The van der Waals surface area contributed by atoms with E-state index in [1.54, 1.807) is 0 Å². The zero-order chi connectivity index (χ0) is 9.97. The number of carbonyl (C=O) groups is 1. The van der Waals surface area contributed by atoms with E-state index in [9.17, 15) is 4.79 Å². The van der Waals surface area contributed by atoms with Crippen LogP contribution in [0, 0.1) is 11.8 Å². The van der Waals surface area contributed by atoms with Crippen molar-refractivity contribution in [3.05, 3.63) is 12.2 Å². The van der Waals surface area contributed by atoms with Crippen LogP contribution >= 0.6 is 0 Å². The number of hydrogen-bond acceptors (Lipinski definition) is 3. The monoisotopic (exact) mass is 195 g/mol. The number of ether oxygens (including phenoxy) is 1. The number of Topliss-reactive ketones (excluding diaryl/α,β-unsaturated/α-hetero) is 1. The Morgan fingerprint density at radius 1 is 1.43 bits per heavy atom. The van der Waals surface area contributed by atoms with Crippen molar-refractivity contribution < 1.29 is 9.53 Å². The Balaban J connectivity index is 1.91. The Kier molecular flexibility index (Phi) is 2.99. The number of allylic oxidation sites excluding steroid dienone is 1. The summed E-state index contributed by atoms with van der Waals surface area (Å²) in [5, 5.41) is 0. The molecule has 3 unspecified atom stereocenters. The summed E-state index contributed by atoms with van der Waals surface area (Å²) in [5.41, 5.74) is 5.72. The van der Waals surface area contributed by atoms with Crippen molar-refractivity contribution in [2.75, 3.05) is 13.2 Å². The van der Waals surface area contributed by atoms with Crippen molar-refractivity contribution in [3.8, 4) is 0 Å². The summed E-state index contributed by atoms with van der Waals surface area (Å²) in [6.45, 7) is 1.42. The molecule has 1 aliphatic heterocycles. The van der Waals surface area contributed by atoms with Gasteiger partial charge in [0.25, 0.3) is 0 Å². The van der Waals surface area contributed by atoms with Crippen LogP contribution in [0.3, 0.4) is 0 Å². The number of carbonyl (C=O) groups excluding carboxylic acids is 1. The molecular formula is C11H17NO2. The molecule has 1 saturated heterocycles.